The second-order valence-corrected chi connectivity index (χ2v) is 5.48. The van der Waals surface area contributed by atoms with Crippen molar-refractivity contribution in [3.8, 4) is 0 Å². The number of carbonyl (C=O) groups excluding carboxylic acids is 1. The summed E-state index contributed by atoms with van der Waals surface area (Å²) < 4.78 is 13.8. The van der Waals surface area contributed by atoms with Gasteiger partial charge in [-0.3, -0.25) is 4.79 Å². The molecule has 1 atom stereocenters. The Morgan fingerprint density at radius 3 is 2.48 bits per heavy atom. The van der Waals surface area contributed by atoms with Gasteiger partial charge < -0.3 is 11.1 Å². The highest BCUT2D eigenvalue weighted by Crippen LogP contribution is 2.35. The third kappa shape index (κ3) is 2.96. The minimum absolute atomic E-state index is 0.148. The quantitative estimate of drug-likeness (QED) is 0.893. The highest BCUT2D eigenvalue weighted by atomic mass is 35.5. The number of rotatable bonds is 4. The molecule has 1 amide bonds. The zero-order valence-corrected chi connectivity index (χ0v) is 12.7. The van der Waals surface area contributed by atoms with Gasteiger partial charge in [0, 0.05) is 5.56 Å². The predicted octanol–water partition coefficient (Wildman–Crippen LogP) is 3.95. The average molecular weight is 327 g/mol. The molecule has 0 radical (unpaired) electrons. The summed E-state index contributed by atoms with van der Waals surface area (Å²) in [6.07, 6.45) is 0. The van der Waals surface area contributed by atoms with Gasteiger partial charge in [-0.05, 0) is 25.1 Å². The Morgan fingerprint density at radius 1 is 1.19 bits per heavy atom. The van der Waals surface area contributed by atoms with Gasteiger partial charge in [0.2, 0.25) is 5.91 Å². The number of para-hydroxylation sites is 1. The predicted molar refractivity (Wildman–Crippen MR) is 83.0 cm³/mol. The fraction of sp³-hybridized carbons (Fsp3) is 0.133. The molecular formula is C15H13Cl2FN2O. The van der Waals surface area contributed by atoms with Crippen molar-refractivity contribution in [3.63, 3.8) is 0 Å². The van der Waals surface area contributed by atoms with Crippen LogP contribution in [0.1, 0.15) is 12.5 Å². The molecule has 21 heavy (non-hydrogen) atoms. The molecule has 2 aromatic rings. The first-order valence-electron chi connectivity index (χ1n) is 6.13. The van der Waals surface area contributed by atoms with Gasteiger partial charge in [-0.2, -0.15) is 0 Å². The minimum Gasteiger partial charge on any atom is -0.367 e. The van der Waals surface area contributed by atoms with E-state index >= 15 is 0 Å². The highest BCUT2D eigenvalue weighted by molar-refractivity contribution is 6.42. The van der Waals surface area contributed by atoms with Crippen molar-refractivity contribution < 1.29 is 9.18 Å². The molecule has 1 unspecified atom stereocenters. The Kier molecular flexibility index (Phi) is 4.40. The Labute approximate surface area is 131 Å². The molecule has 0 aromatic heterocycles. The van der Waals surface area contributed by atoms with Crippen LogP contribution in [0.4, 0.5) is 10.1 Å². The third-order valence-electron chi connectivity index (χ3n) is 3.24. The van der Waals surface area contributed by atoms with Gasteiger partial charge in [0.25, 0.3) is 0 Å². The Hall–Kier alpha value is -1.78. The zero-order valence-electron chi connectivity index (χ0n) is 11.2. The Balaban J connectivity index is 2.54. The molecule has 0 aliphatic carbocycles. The van der Waals surface area contributed by atoms with Crippen LogP contribution < -0.4 is 11.1 Å². The molecular weight excluding hydrogens is 314 g/mol. The lowest BCUT2D eigenvalue weighted by molar-refractivity contribution is -0.122. The second kappa shape index (κ2) is 5.92. The molecule has 2 rings (SSSR count). The summed E-state index contributed by atoms with van der Waals surface area (Å²) in [7, 11) is 0. The van der Waals surface area contributed by atoms with E-state index in [1.807, 2.05) is 0 Å². The van der Waals surface area contributed by atoms with E-state index in [4.69, 9.17) is 28.9 Å². The molecule has 0 bridgehead atoms. The molecule has 2 aromatic carbocycles. The van der Waals surface area contributed by atoms with Crippen LogP contribution in [0.3, 0.4) is 0 Å². The van der Waals surface area contributed by atoms with E-state index in [-0.39, 0.29) is 15.7 Å². The van der Waals surface area contributed by atoms with E-state index in [9.17, 15) is 9.18 Å². The van der Waals surface area contributed by atoms with E-state index in [1.165, 1.54) is 19.1 Å². The standard InChI is InChI=1S/C15H13Cl2FN2O/c1-15(14(19)21,9-5-4-6-10(16)13(9)17)20-12-8-3-2-7-11(12)18/h2-8,20H,1H3,(H2,19,21). The van der Waals surface area contributed by atoms with Gasteiger partial charge in [0.1, 0.15) is 11.4 Å². The van der Waals surface area contributed by atoms with Gasteiger partial charge >= 0.3 is 0 Å². The molecule has 3 N–H and O–H groups in total. The summed E-state index contributed by atoms with van der Waals surface area (Å²) in [6.45, 7) is 1.53. The van der Waals surface area contributed by atoms with Crippen molar-refractivity contribution in [2.24, 2.45) is 5.73 Å². The lowest BCUT2D eigenvalue weighted by Gasteiger charge is -2.30. The Bertz CT molecular complexity index is 693. The highest BCUT2D eigenvalue weighted by Gasteiger charge is 2.36. The lowest BCUT2D eigenvalue weighted by Crippen LogP contribution is -2.45. The number of anilines is 1. The molecule has 0 aliphatic rings. The molecule has 0 saturated heterocycles. The van der Waals surface area contributed by atoms with Gasteiger partial charge in [-0.1, -0.05) is 47.5 Å². The summed E-state index contributed by atoms with van der Waals surface area (Å²) in [5, 5.41) is 3.30. The second-order valence-electron chi connectivity index (χ2n) is 4.70. The molecule has 0 fully saturated rings. The van der Waals surface area contributed by atoms with Gasteiger partial charge in [0.05, 0.1) is 15.7 Å². The summed E-state index contributed by atoms with van der Waals surface area (Å²) in [6, 6.07) is 10.8. The first kappa shape index (κ1) is 15.6. The molecule has 6 heteroatoms. The lowest BCUT2D eigenvalue weighted by atomic mass is 9.90. The van der Waals surface area contributed by atoms with Crippen LogP contribution in [0.2, 0.25) is 10.0 Å². The maximum atomic E-state index is 13.8. The van der Waals surface area contributed by atoms with Crippen LogP contribution in [0.15, 0.2) is 42.5 Å². The van der Waals surface area contributed by atoms with Crippen molar-refractivity contribution in [1.82, 2.24) is 0 Å². The molecule has 3 nitrogen and oxygen atoms in total. The fourth-order valence-electron chi connectivity index (χ4n) is 1.98. The number of hydrogen-bond acceptors (Lipinski definition) is 2. The topological polar surface area (TPSA) is 55.1 Å². The number of hydrogen-bond donors (Lipinski definition) is 2. The van der Waals surface area contributed by atoms with Crippen LogP contribution in [0, 0.1) is 5.82 Å². The van der Waals surface area contributed by atoms with Crippen molar-refractivity contribution >= 4 is 34.8 Å². The summed E-state index contributed by atoms with van der Waals surface area (Å²) in [5.74, 6) is -1.20. The van der Waals surface area contributed by atoms with Crippen molar-refractivity contribution in [2.45, 2.75) is 12.5 Å². The number of nitrogens with one attached hydrogen (secondary N) is 1. The molecule has 110 valence electrons. The SMILES string of the molecule is CC(Nc1ccccc1F)(C(N)=O)c1cccc(Cl)c1Cl. The first-order valence-corrected chi connectivity index (χ1v) is 6.89. The smallest absolute Gasteiger partial charge is 0.247 e. The van der Waals surface area contributed by atoms with E-state index in [1.54, 1.807) is 30.3 Å². The van der Waals surface area contributed by atoms with Crippen LogP contribution in [0.25, 0.3) is 0 Å². The molecule has 0 heterocycles. The third-order valence-corrected chi connectivity index (χ3v) is 4.06. The number of carbonyl (C=O) groups is 1. The summed E-state index contributed by atoms with van der Waals surface area (Å²) in [4.78, 5) is 11.9. The van der Waals surface area contributed by atoms with Crippen molar-refractivity contribution in [1.29, 1.82) is 0 Å². The van der Waals surface area contributed by atoms with Crippen molar-refractivity contribution in [3.05, 3.63) is 63.9 Å². The van der Waals surface area contributed by atoms with Crippen LogP contribution >= 0.6 is 23.2 Å². The van der Waals surface area contributed by atoms with Crippen LogP contribution in [0.5, 0.6) is 0 Å². The van der Waals surface area contributed by atoms with Gasteiger partial charge in [0.15, 0.2) is 0 Å². The normalized spacial score (nSPS) is 13.5. The number of primary amides is 1. The maximum Gasteiger partial charge on any atom is 0.247 e. The number of amides is 1. The first-order chi connectivity index (χ1) is 9.86. The van der Waals surface area contributed by atoms with Crippen molar-refractivity contribution in [2.75, 3.05) is 5.32 Å². The Morgan fingerprint density at radius 2 is 1.86 bits per heavy atom. The maximum absolute atomic E-state index is 13.8. The van der Waals surface area contributed by atoms with Crippen LogP contribution in [-0.4, -0.2) is 5.91 Å². The van der Waals surface area contributed by atoms with E-state index < -0.39 is 17.3 Å². The fourth-order valence-corrected chi connectivity index (χ4v) is 2.47. The van der Waals surface area contributed by atoms with E-state index in [2.05, 4.69) is 5.32 Å². The van der Waals surface area contributed by atoms with Gasteiger partial charge in [-0.25, -0.2) is 4.39 Å². The number of nitrogens with two attached hydrogens (primary N) is 1. The van der Waals surface area contributed by atoms with E-state index in [0.717, 1.165) is 0 Å². The summed E-state index contributed by atoms with van der Waals surface area (Å²) in [5.41, 5.74) is 4.63. The molecule has 0 spiro atoms. The number of benzene rings is 2. The molecule has 0 saturated carbocycles. The largest absolute Gasteiger partial charge is 0.367 e. The average Bonchev–Trinajstić information content (AvgIpc) is 2.44. The van der Waals surface area contributed by atoms with E-state index in [0.29, 0.717) is 5.56 Å². The van der Waals surface area contributed by atoms with Crippen LogP contribution in [-0.2, 0) is 10.3 Å². The minimum atomic E-state index is -1.40. The molecule has 0 aliphatic heterocycles. The van der Waals surface area contributed by atoms with Gasteiger partial charge in [-0.15, -0.1) is 0 Å². The summed E-state index contributed by atoms with van der Waals surface area (Å²) >= 11 is 12.1. The zero-order chi connectivity index (χ0) is 15.6. The monoisotopic (exact) mass is 326 g/mol. The number of halogens is 3.